The maximum atomic E-state index is 12.7. The first kappa shape index (κ1) is 22.3. The second-order valence-electron chi connectivity index (χ2n) is 7.34. The van der Waals surface area contributed by atoms with Crippen molar-refractivity contribution >= 4 is 29.2 Å². The van der Waals surface area contributed by atoms with Crippen molar-refractivity contribution in [2.45, 2.75) is 19.3 Å². The van der Waals surface area contributed by atoms with Crippen LogP contribution in [0.15, 0.2) is 18.3 Å². The molecule has 0 spiro atoms. The summed E-state index contributed by atoms with van der Waals surface area (Å²) in [4.78, 5) is 25.9. The van der Waals surface area contributed by atoms with Crippen LogP contribution in [0.5, 0.6) is 17.2 Å². The van der Waals surface area contributed by atoms with E-state index in [0.717, 1.165) is 25.9 Å². The van der Waals surface area contributed by atoms with Gasteiger partial charge in [0.25, 0.3) is 0 Å². The zero-order valence-corrected chi connectivity index (χ0v) is 18.7. The van der Waals surface area contributed by atoms with Crippen molar-refractivity contribution in [1.82, 2.24) is 9.97 Å². The Morgan fingerprint density at radius 1 is 1.00 bits per heavy atom. The van der Waals surface area contributed by atoms with Crippen LogP contribution in [0.1, 0.15) is 19.3 Å². The molecule has 1 aliphatic heterocycles. The number of hydrogen-bond donors (Lipinski definition) is 2. The molecular formula is C21H30N6O4. The molecule has 0 aliphatic carbocycles. The van der Waals surface area contributed by atoms with Crippen LogP contribution in [0, 0.1) is 0 Å². The lowest BCUT2D eigenvalue weighted by molar-refractivity contribution is 0.262. The van der Waals surface area contributed by atoms with Gasteiger partial charge >= 0.3 is 6.03 Å². The summed E-state index contributed by atoms with van der Waals surface area (Å²) in [5.74, 6) is 2.66. The van der Waals surface area contributed by atoms with Crippen molar-refractivity contribution in [2.75, 3.05) is 68.9 Å². The van der Waals surface area contributed by atoms with Crippen molar-refractivity contribution in [3.8, 4) is 17.2 Å². The standard InChI is InChI=1S/C21H30N6O4/c1-26(2)19-15(13-22-20(25-19)27-9-7-6-8-10-27)24-21(28)23-14-11-16(29-3)18(31-5)17(12-14)30-4/h11-13H,6-10H2,1-5H3,(H2,23,24,28). The molecule has 2 amide bonds. The molecule has 1 aromatic carbocycles. The molecular weight excluding hydrogens is 400 g/mol. The first-order chi connectivity index (χ1) is 15.0. The van der Waals surface area contributed by atoms with Crippen LogP contribution in [-0.2, 0) is 0 Å². The zero-order chi connectivity index (χ0) is 22.4. The normalized spacial score (nSPS) is 13.4. The summed E-state index contributed by atoms with van der Waals surface area (Å²) in [7, 11) is 8.32. The summed E-state index contributed by atoms with van der Waals surface area (Å²) in [5, 5.41) is 5.61. The van der Waals surface area contributed by atoms with Gasteiger partial charge in [-0.2, -0.15) is 4.98 Å². The molecule has 3 rings (SSSR count). The van der Waals surface area contributed by atoms with E-state index in [2.05, 4.69) is 25.5 Å². The van der Waals surface area contributed by atoms with Crippen LogP contribution in [0.25, 0.3) is 0 Å². The van der Waals surface area contributed by atoms with Crippen molar-refractivity contribution in [3.63, 3.8) is 0 Å². The van der Waals surface area contributed by atoms with E-state index < -0.39 is 6.03 Å². The number of amides is 2. The Balaban J connectivity index is 1.78. The van der Waals surface area contributed by atoms with Gasteiger partial charge in [0.2, 0.25) is 11.7 Å². The molecule has 1 fully saturated rings. The molecule has 0 atom stereocenters. The Bertz CT molecular complexity index is 890. The lowest BCUT2D eigenvalue weighted by Gasteiger charge is -2.28. The Morgan fingerprint density at radius 2 is 1.65 bits per heavy atom. The maximum absolute atomic E-state index is 12.7. The third-order valence-electron chi connectivity index (χ3n) is 4.99. The number of ether oxygens (including phenoxy) is 3. The molecule has 2 aromatic rings. The molecule has 31 heavy (non-hydrogen) atoms. The van der Waals surface area contributed by atoms with E-state index in [9.17, 15) is 4.79 Å². The number of rotatable bonds is 7. The third kappa shape index (κ3) is 5.19. The van der Waals surface area contributed by atoms with Crippen LogP contribution in [0.3, 0.4) is 0 Å². The second kappa shape index (κ2) is 10.1. The average Bonchev–Trinajstić information content (AvgIpc) is 2.78. The predicted molar refractivity (Wildman–Crippen MR) is 121 cm³/mol. The molecule has 10 heteroatoms. The number of urea groups is 1. The molecule has 0 unspecified atom stereocenters. The van der Waals surface area contributed by atoms with Crippen LogP contribution in [0.2, 0.25) is 0 Å². The number of carbonyl (C=O) groups excluding carboxylic acids is 1. The fourth-order valence-electron chi connectivity index (χ4n) is 3.48. The second-order valence-corrected chi connectivity index (χ2v) is 7.34. The van der Waals surface area contributed by atoms with Gasteiger partial charge in [0.05, 0.1) is 33.2 Å². The molecule has 168 valence electrons. The highest BCUT2D eigenvalue weighted by molar-refractivity contribution is 6.01. The van der Waals surface area contributed by atoms with Crippen LogP contribution in [-0.4, -0.2) is 64.5 Å². The summed E-state index contributed by atoms with van der Waals surface area (Å²) in [5.41, 5.74) is 1.000. The van der Waals surface area contributed by atoms with Gasteiger partial charge in [0.15, 0.2) is 17.3 Å². The van der Waals surface area contributed by atoms with Crippen molar-refractivity contribution in [1.29, 1.82) is 0 Å². The number of methoxy groups -OCH3 is 3. The van der Waals surface area contributed by atoms with Gasteiger partial charge in [-0.1, -0.05) is 0 Å². The molecule has 2 N–H and O–H groups in total. The lowest BCUT2D eigenvalue weighted by Crippen LogP contribution is -2.31. The Kier molecular flexibility index (Phi) is 7.22. The number of benzene rings is 1. The minimum atomic E-state index is -0.438. The minimum absolute atomic E-state index is 0.438. The van der Waals surface area contributed by atoms with Crippen LogP contribution in [0.4, 0.5) is 27.9 Å². The molecule has 0 radical (unpaired) electrons. The Hall–Kier alpha value is -3.43. The summed E-state index contributed by atoms with van der Waals surface area (Å²) < 4.78 is 16.0. The smallest absolute Gasteiger partial charge is 0.323 e. The van der Waals surface area contributed by atoms with Gasteiger partial charge in [-0.25, -0.2) is 9.78 Å². The van der Waals surface area contributed by atoms with E-state index in [1.54, 1.807) is 18.3 Å². The molecule has 1 aliphatic rings. The first-order valence-corrected chi connectivity index (χ1v) is 10.1. The summed E-state index contributed by atoms with van der Waals surface area (Å²) >= 11 is 0. The topological polar surface area (TPSA) is 101 Å². The van der Waals surface area contributed by atoms with E-state index in [4.69, 9.17) is 14.2 Å². The van der Waals surface area contributed by atoms with E-state index in [1.165, 1.54) is 27.8 Å². The maximum Gasteiger partial charge on any atom is 0.323 e. The van der Waals surface area contributed by atoms with Crippen LogP contribution >= 0.6 is 0 Å². The van der Waals surface area contributed by atoms with E-state index in [-0.39, 0.29) is 0 Å². The van der Waals surface area contributed by atoms with Crippen LogP contribution < -0.4 is 34.6 Å². The molecule has 0 bridgehead atoms. The van der Waals surface area contributed by atoms with E-state index in [1.807, 2.05) is 19.0 Å². The predicted octanol–water partition coefficient (Wildman–Crippen LogP) is 3.20. The number of carbonyl (C=O) groups is 1. The number of anilines is 4. The third-order valence-corrected chi connectivity index (χ3v) is 4.99. The van der Waals surface area contributed by atoms with E-state index >= 15 is 0 Å². The fourth-order valence-corrected chi connectivity index (χ4v) is 3.48. The minimum Gasteiger partial charge on any atom is -0.493 e. The van der Waals surface area contributed by atoms with Gasteiger partial charge < -0.3 is 34.6 Å². The molecule has 10 nitrogen and oxygen atoms in total. The Labute approximate surface area is 182 Å². The fraction of sp³-hybridized carbons (Fsp3) is 0.476. The largest absolute Gasteiger partial charge is 0.493 e. The van der Waals surface area contributed by atoms with Gasteiger partial charge in [0, 0.05) is 39.3 Å². The quantitative estimate of drug-likeness (QED) is 0.691. The SMILES string of the molecule is COc1cc(NC(=O)Nc2cnc(N3CCCCC3)nc2N(C)C)cc(OC)c1OC. The number of nitrogens with zero attached hydrogens (tertiary/aromatic N) is 4. The Morgan fingerprint density at radius 3 is 2.19 bits per heavy atom. The zero-order valence-electron chi connectivity index (χ0n) is 18.7. The van der Waals surface area contributed by atoms with Crippen molar-refractivity contribution in [3.05, 3.63) is 18.3 Å². The van der Waals surface area contributed by atoms with Crippen molar-refractivity contribution < 1.29 is 19.0 Å². The monoisotopic (exact) mass is 430 g/mol. The number of nitrogens with one attached hydrogen (secondary N) is 2. The molecule has 0 saturated carbocycles. The molecule has 1 aromatic heterocycles. The highest BCUT2D eigenvalue weighted by atomic mass is 16.5. The van der Waals surface area contributed by atoms with Gasteiger partial charge in [-0.05, 0) is 19.3 Å². The number of piperidine rings is 1. The lowest BCUT2D eigenvalue weighted by atomic mass is 10.1. The molecule has 1 saturated heterocycles. The highest BCUT2D eigenvalue weighted by Gasteiger charge is 2.19. The average molecular weight is 431 g/mol. The number of hydrogen-bond acceptors (Lipinski definition) is 8. The first-order valence-electron chi connectivity index (χ1n) is 10.1. The van der Waals surface area contributed by atoms with Crippen molar-refractivity contribution in [2.24, 2.45) is 0 Å². The summed E-state index contributed by atoms with van der Waals surface area (Å²) in [6.45, 7) is 1.89. The highest BCUT2D eigenvalue weighted by Crippen LogP contribution is 2.40. The van der Waals surface area contributed by atoms with Gasteiger partial charge in [-0.3, -0.25) is 0 Å². The molecule has 2 heterocycles. The van der Waals surface area contributed by atoms with Gasteiger partial charge in [-0.15, -0.1) is 0 Å². The number of aromatic nitrogens is 2. The van der Waals surface area contributed by atoms with E-state index in [0.29, 0.717) is 40.4 Å². The van der Waals surface area contributed by atoms with Gasteiger partial charge in [0.1, 0.15) is 5.69 Å². The summed E-state index contributed by atoms with van der Waals surface area (Å²) in [6.07, 6.45) is 5.15. The summed E-state index contributed by atoms with van der Waals surface area (Å²) in [6, 6.07) is 2.87.